The van der Waals surface area contributed by atoms with Gasteiger partial charge in [0.05, 0.1) is 0 Å². The van der Waals surface area contributed by atoms with E-state index in [0.717, 1.165) is 18.9 Å². The average Bonchev–Trinajstić information content (AvgIpc) is 2.28. The minimum atomic E-state index is -0.920. The Labute approximate surface area is 104 Å². The molecule has 0 bridgehead atoms. The van der Waals surface area contributed by atoms with Gasteiger partial charge < -0.3 is 20.6 Å². The number of nitrogens with two attached hydrogens (primary N) is 1. The number of rotatable bonds is 6. The van der Waals surface area contributed by atoms with E-state index >= 15 is 0 Å². The molecule has 1 aliphatic heterocycles. The van der Waals surface area contributed by atoms with Crippen molar-refractivity contribution in [3.8, 4) is 0 Å². The van der Waals surface area contributed by atoms with Crippen LogP contribution in [0.3, 0.4) is 0 Å². The minimum Gasteiger partial charge on any atom is -0.480 e. The van der Waals surface area contributed by atoms with Crippen LogP contribution in [0.15, 0.2) is 0 Å². The van der Waals surface area contributed by atoms with Gasteiger partial charge in [0.25, 0.3) is 0 Å². The molecular weight excluding hydrogens is 218 g/mol. The van der Waals surface area contributed by atoms with E-state index in [0.29, 0.717) is 6.54 Å². The molecule has 0 spiro atoms. The van der Waals surface area contributed by atoms with E-state index in [2.05, 4.69) is 11.9 Å². The van der Waals surface area contributed by atoms with Crippen molar-refractivity contribution in [3.63, 3.8) is 0 Å². The molecule has 1 heterocycles. The molecule has 5 nitrogen and oxygen atoms in total. The Kier molecular flexibility index (Phi) is 5.88. The highest BCUT2D eigenvalue weighted by Crippen LogP contribution is 2.19. The molecule has 0 radical (unpaired) electrons. The lowest BCUT2D eigenvalue weighted by Gasteiger charge is -2.30. The van der Waals surface area contributed by atoms with Crippen molar-refractivity contribution in [1.82, 2.24) is 9.80 Å². The smallest absolute Gasteiger partial charge is 0.321 e. The summed E-state index contributed by atoms with van der Waals surface area (Å²) in [6.07, 6.45) is 3.67. The van der Waals surface area contributed by atoms with Crippen LogP contribution in [0, 0.1) is 5.92 Å². The standard InChI is InChI=1S/C12H25N3O2/c1-14-6-3-10(4-7-14)5-8-15(2)9-11(13)12(16)17/h10-11H,3-9,13H2,1-2H3,(H,16,17). The summed E-state index contributed by atoms with van der Waals surface area (Å²) in [5.41, 5.74) is 5.50. The number of likely N-dealkylation sites (N-methyl/N-ethyl adjacent to an activating group) is 1. The number of carbonyl (C=O) groups is 1. The summed E-state index contributed by atoms with van der Waals surface area (Å²) in [5.74, 6) is -0.133. The van der Waals surface area contributed by atoms with Gasteiger partial charge in [-0.15, -0.1) is 0 Å². The summed E-state index contributed by atoms with van der Waals surface area (Å²) < 4.78 is 0. The molecule has 1 saturated heterocycles. The predicted octanol–water partition coefficient (Wildman–Crippen LogP) is 0.0620. The van der Waals surface area contributed by atoms with E-state index in [1.54, 1.807) is 0 Å². The van der Waals surface area contributed by atoms with Crippen molar-refractivity contribution in [3.05, 3.63) is 0 Å². The average molecular weight is 243 g/mol. The predicted molar refractivity (Wildman–Crippen MR) is 67.9 cm³/mol. The van der Waals surface area contributed by atoms with E-state index < -0.39 is 12.0 Å². The highest BCUT2D eigenvalue weighted by atomic mass is 16.4. The number of likely N-dealkylation sites (tertiary alicyclic amines) is 1. The van der Waals surface area contributed by atoms with Gasteiger partial charge in [-0.05, 0) is 58.9 Å². The second-order valence-corrected chi connectivity index (χ2v) is 5.24. The molecule has 3 N–H and O–H groups in total. The summed E-state index contributed by atoms with van der Waals surface area (Å²) in [5, 5.41) is 8.72. The minimum absolute atomic E-state index is 0.432. The van der Waals surface area contributed by atoms with Crippen LogP contribution in [0.2, 0.25) is 0 Å². The second-order valence-electron chi connectivity index (χ2n) is 5.24. The van der Waals surface area contributed by atoms with Crippen LogP contribution < -0.4 is 5.73 Å². The van der Waals surface area contributed by atoms with Gasteiger partial charge in [0.15, 0.2) is 0 Å². The molecule has 0 aromatic carbocycles. The quantitative estimate of drug-likeness (QED) is 0.690. The fourth-order valence-electron chi connectivity index (χ4n) is 2.26. The Morgan fingerprint density at radius 3 is 2.65 bits per heavy atom. The molecule has 1 unspecified atom stereocenters. The first-order valence-electron chi connectivity index (χ1n) is 6.34. The van der Waals surface area contributed by atoms with E-state index in [9.17, 15) is 4.79 Å². The highest BCUT2D eigenvalue weighted by molar-refractivity contribution is 5.73. The van der Waals surface area contributed by atoms with Crippen LogP contribution in [0.4, 0.5) is 0 Å². The normalized spacial score (nSPS) is 20.7. The van der Waals surface area contributed by atoms with Crippen LogP contribution in [-0.4, -0.2) is 67.2 Å². The molecule has 1 aliphatic rings. The Hall–Kier alpha value is -0.650. The number of nitrogens with zero attached hydrogens (tertiary/aromatic N) is 2. The van der Waals surface area contributed by atoms with Gasteiger partial charge in [0, 0.05) is 6.54 Å². The van der Waals surface area contributed by atoms with Gasteiger partial charge in [0.1, 0.15) is 6.04 Å². The topological polar surface area (TPSA) is 69.8 Å². The SMILES string of the molecule is CN1CCC(CCN(C)CC(N)C(=O)O)CC1. The summed E-state index contributed by atoms with van der Waals surface area (Å²) >= 11 is 0. The first kappa shape index (κ1) is 14.4. The molecule has 0 amide bonds. The van der Waals surface area contributed by atoms with Gasteiger partial charge in [-0.3, -0.25) is 4.79 Å². The van der Waals surface area contributed by atoms with Gasteiger partial charge in [-0.1, -0.05) is 0 Å². The summed E-state index contributed by atoms with van der Waals surface area (Å²) in [6, 6.07) is -0.766. The van der Waals surface area contributed by atoms with E-state index in [4.69, 9.17) is 10.8 Å². The first-order chi connectivity index (χ1) is 7.99. The molecule has 0 saturated carbocycles. The Bertz CT molecular complexity index is 240. The molecule has 0 aromatic heterocycles. The van der Waals surface area contributed by atoms with Crippen LogP contribution in [0.1, 0.15) is 19.3 Å². The number of piperidine rings is 1. The third-order valence-corrected chi connectivity index (χ3v) is 3.58. The van der Waals surface area contributed by atoms with E-state index in [1.165, 1.54) is 25.9 Å². The third-order valence-electron chi connectivity index (χ3n) is 3.58. The van der Waals surface area contributed by atoms with Gasteiger partial charge >= 0.3 is 5.97 Å². The lowest BCUT2D eigenvalue weighted by molar-refractivity contribution is -0.138. The lowest BCUT2D eigenvalue weighted by Crippen LogP contribution is -2.42. The molecule has 1 fully saturated rings. The molecule has 0 aliphatic carbocycles. The number of carboxylic acids is 1. The maximum atomic E-state index is 10.6. The second kappa shape index (κ2) is 6.93. The lowest BCUT2D eigenvalue weighted by atomic mass is 9.93. The summed E-state index contributed by atoms with van der Waals surface area (Å²) in [7, 11) is 4.10. The number of hydrogen-bond acceptors (Lipinski definition) is 4. The van der Waals surface area contributed by atoms with Crippen molar-refractivity contribution in [2.75, 3.05) is 40.3 Å². The summed E-state index contributed by atoms with van der Waals surface area (Å²) in [4.78, 5) is 15.0. The van der Waals surface area contributed by atoms with Gasteiger partial charge in [0.2, 0.25) is 0 Å². The Morgan fingerprint density at radius 2 is 2.12 bits per heavy atom. The van der Waals surface area contributed by atoms with Crippen molar-refractivity contribution in [2.45, 2.75) is 25.3 Å². The largest absolute Gasteiger partial charge is 0.480 e. The first-order valence-corrected chi connectivity index (χ1v) is 6.34. The van der Waals surface area contributed by atoms with Gasteiger partial charge in [-0.25, -0.2) is 0 Å². The third kappa shape index (κ3) is 5.48. The maximum absolute atomic E-state index is 10.6. The zero-order valence-corrected chi connectivity index (χ0v) is 10.9. The van der Waals surface area contributed by atoms with Crippen molar-refractivity contribution in [2.24, 2.45) is 11.7 Å². The summed E-state index contributed by atoms with van der Waals surface area (Å²) in [6.45, 7) is 3.74. The van der Waals surface area contributed by atoms with Gasteiger partial charge in [-0.2, -0.15) is 0 Å². The van der Waals surface area contributed by atoms with Crippen LogP contribution in [0.5, 0.6) is 0 Å². The van der Waals surface area contributed by atoms with Crippen molar-refractivity contribution < 1.29 is 9.90 Å². The van der Waals surface area contributed by atoms with Crippen molar-refractivity contribution >= 4 is 5.97 Å². The fraction of sp³-hybridized carbons (Fsp3) is 0.917. The highest BCUT2D eigenvalue weighted by Gasteiger charge is 2.18. The number of hydrogen-bond donors (Lipinski definition) is 2. The van der Waals surface area contributed by atoms with Crippen molar-refractivity contribution in [1.29, 1.82) is 0 Å². The molecule has 17 heavy (non-hydrogen) atoms. The Balaban J connectivity index is 2.15. The number of carboxylic acid groups (broad SMARTS) is 1. The maximum Gasteiger partial charge on any atom is 0.321 e. The Morgan fingerprint density at radius 1 is 1.53 bits per heavy atom. The molecule has 0 aromatic rings. The van der Waals surface area contributed by atoms with Crippen LogP contribution in [0.25, 0.3) is 0 Å². The molecule has 1 rings (SSSR count). The molecule has 5 heteroatoms. The molecule has 1 atom stereocenters. The molecule has 100 valence electrons. The monoisotopic (exact) mass is 243 g/mol. The fourth-order valence-corrected chi connectivity index (χ4v) is 2.26. The zero-order chi connectivity index (χ0) is 12.8. The van der Waals surface area contributed by atoms with E-state index in [-0.39, 0.29) is 0 Å². The van der Waals surface area contributed by atoms with E-state index in [1.807, 2.05) is 11.9 Å². The van der Waals surface area contributed by atoms with Crippen LogP contribution in [-0.2, 0) is 4.79 Å². The molecular formula is C12H25N3O2. The van der Waals surface area contributed by atoms with Crippen LogP contribution >= 0.6 is 0 Å². The number of aliphatic carboxylic acids is 1. The zero-order valence-electron chi connectivity index (χ0n) is 10.9.